The Morgan fingerprint density at radius 2 is 0.825 bits per heavy atom. The fraction of sp³-hybridized carbons (Fsp3) is 0. The van der Waals surface area contributed by atoms with Gasteiger partial charge in [0.1, 0.15) is 5.58 Å². The Bertz CT molecular complexity index is 3790. The molecular weight excluding hydrogens is 771 g/mol. The first kappa shape index (κ1) is 35.2. The normalized spacial score (nSPS) is 11.8. The first-order valence-electron chi connectivity index (χ1n) is 21.2. The van der Waals surface area contributed by atoms with Crippen LogP contribution in [0.2, 0.25) is 0 Å². The van der Waals surface area contributed by atoms with E-state index in [1.165, 1.54) is 27.1 Å². The largest absolute Gasteiger partial charge is 0.453 e. The topological polar surface area (TPSA) is 61.7 Å². The molecule has 0 saturated heterocycles. The minimum atomic E-state index is 0.573. The molecular formula is C57H35N5O. The summed E-state index contributed by atoms with van der Waals surface area (Å²) in [6.45, 7) is 0. The van der Waals surface area contributed by atoms with Crippen molar-refractivity contribution >= 4 is 65.6 Å². The number of para-hydroxylation sites is 5. The minimum absolute atomic E-state index is 0.573. The molecule has 13 aromatic rings. The maximum absolute atomic E-state index is 7.37. The van der Waals surface area contributed by atoms with Gasteiger partial charge in [-0.1, -0.05) is 164 Å². The van der Waals surface area contributed by atoms with Crippen LogP contribution in [0.25, 0.3) is 122 Å². The maximum Gasteiger partial charge on any atom is 0.164 e. The van der Waals surface area contributed by atoms with Gasteiger partial charge in [-0.05, 0) is 54.1 Å². The summed E-state index contributed by atoms with van der Waals surface area (Å²) in [6, 6.07) is 74.3. The second kappa shape index (κ2) is 14.0. The summed E-state index contributed by atoms with van der Waals surface area (Å²) >= 11 is 0. The second-order valence-corrected chi connectivity index (χ2v) is 15.9. The number of nitrogens with zero attached hydrogens (tertiary/aromatic N) is 5. The lowest BCUT2D eigenvalue weighted by atomic mass is 9.99. The zero-order valence-electron chi connectivity index (χ0n) is 33.9. The molecule has 294 valence electrons. The van der Waals surface area contributed by atoms with Crippen LogP contribution in [0.15, 0.2) is 217 Å². The van der Waals surface area contributed by atoms with Crippen molar-refractivity contribution in [2.45, 2.75) is 0 Å². The Hall–Kier alpha value is -8.61. The summed E-state index contributed by atoms with van der Waals surface area (Å²) in [5, 5.41) is 6.70. The molecule has 0 aliphatic heterocycles. The third-order valence-corrected chi connectivity index (χ3v) is 12.4. The summed E-state index contributed by atoms with van der Waals surface area (Å²) in [7, 11) is 0. The van der Waals surface area contributed by atoms with E-state index in [4.69, 9.17) is 19.4 Å². The third kappa shape index (κ3) is 5.48. The van der Waals surface area contributed by atoms with Gasteiger partial charge in [0.15, 0.2) is 23.1 Å². The van der Waals surface area contributed by atoms with Crippen LogP contribution >= 0.6 is 0 Å². The molecule has 0 bridgehead atoms. The van der Waals surface area contributed by atoms with Crippen LogP contribution < -0.4 is 0 Å². The Kier molecular flexibility index (Phi) is 7.80. The van der Waals surface area contributed by atoms with Crippen molar-refractivity contribution in [3.05, 3.63) is 212 Å². The van der Waals surface area contributed by atoms with Crippen molar-refractivity contribution in [3.63, 3.8) is 0 Å². The number of fused-ring (bicyclic) bond motifs is 9. The number of benzene rings is 9. The smallest absolute Gasteiger partial charge is 0.164 e. The summed E-state index contributed by atoms with van der Waals surface area (Å²) < 4.78 is 12.1. The van der Waals surface area contributed by atoms with E-state index in [0.29, 0.717) is 17.5 Å². The van der Waals surface area contributed by atoms with Crippen LogP contribution in [0.1, 0.15) is 0 Å². The van der Waals surface area contributed by atoms with Crippen LogP contribution in [-0.4, -0.2) is 24.1 Å². The number of aromatic nitrogens is 5. The van der Waals surface area contributed by atoms with Crippen molar-refractivity contribution < 1.29 is 4.42 Å². The molecule has 6 heteroatoms. The maximum atomic E-state index is 7.37. The van der Waals surface area contributed by atoms with E-state index in [-0.39, 0.29) is 0 Å². The number of rotatable bonds is 6. The highest BCUT2D eigenvalue weighted by Crippen LogP contribution is 2.45. The molecule has 0 fully saturated rings. The molecule has 6 nitrogen and oxygen atoms in total. The van der Waals surface area contributed by atoms with Crippen LogP contribution in [0.4, 0.5) is 0 Å². The molecule has 4 aromatic heterocycles. The summed E-state index contributed by atoms with van der Waals surface area (Å²) in [6.07, 6.45) is 0. The van der Waals surface area contributed by atoms with Crippen LogP contribution in [0, 0.1) is 0 Å². The standard InChI is InChI=1S/C57H35N5O/c1-4-17-36(18-5-1)55-58-56(37-19-6-2-7-20-37)60-57(59-55)46-33-34-50(62-48-29-14-11-23-41(48)42-24-12-15-30-49(42)62)54-52(46)45-27-16-26-40(53(45)63-54)38-31-32-44-43-25-10-13-28-47(43)61(51(44)35-38)39-21-8-3-9-22-39/h1-35H. The number of hydrogen-bond donors (Lipinski definition) is 0. The number of hydrogen-bond acceptors (Lipinski definition) is 4. The summed E-state index contributed by atoms with van der Waals surface area (Å²) in [5.74, 6) is 1.78. The fourth-order valence-corrected chi connectivity index (χ4v) is 9.58. The highest BCUT2D eigenvalue weighted by molar-refractivity contribution is 6.19. The lowest BCUT2D eigenvalue weighted by molar-refractivity contribution is 0.667. The van der Waals surface area contributed by atoms with Crippen molar-refractivity contribution in [2.24, 2.45) is 0 Å². The van der Waals surface area contributed by atoms with Gasteiger partial charge in [0.2, 0.25) is 0 Å². The van der Waals surface area contributed by atoms with Gasteiger partial charge in [-0.2, -0.15) is 0 Å². The number of furan rings is 1. The lowest BCUT2D eigenvalue weighted by Gasteiger charge is -2.12. The summed E-state index contributed by atoms with van der Waals surface area (Å²) in [5.41, 5.74) is 12.9. The Morgan fingerprint density at radius 1 is 0.317 bits per heavy atom. The van der Waals surface area contributed by atoms with E-state index < -0.39 is 0 Å². The first-order chi connectivity index (χ1) is 31.3. The van der Waals surface area contributed by atoms with Gasteiger partial charge in [0.05, 0.1) is 27.8 Å². The average Bonchev–Trinajstić information content (AvgIpc) is 4.03. The Labute approximate surface area is 361 Å². The molecule has 0 unspecified atom stereocenters. The van der Waals surface area contributed by atoms with Crippen molar-refractivity contribution in [1.82, 2.24) is 24.1 Å². The molecule has 13 rings (SSSR count). The molecule has 0 spiro atoms. The van der Waals surface area contributed by atoms with E-state index in [1.54, 1.807) is 0 Å². The SMILES string of the molecule is c1ccc(-c2nc(-c3ccccc3)nc(-c3ccc(-n4c5ccccc5c5ccccc54)c4oc5c(-c6ccc7c8ccccc8n(-c8ccccc8)c7c6)cccc5c34)n2)cc1. The second-order valence-electron chi connectivity index (χ2n) is 15.9. The molecule has 0 atom stereocenters. The third-order valence-electron chi connectivity index (χ3n) is 12.4. The molecule has 9 aromatic carbocycles. The first-order valence-corrected chi connectivity index (χ1v) is 21.2. The van der Waals surface area contributed by atoms with Gasteiger partial charge in [-0.15, -0.1) is 0 Å². The molecule has 0 radical (unpaired) electrons. The summed E-state index contributed by atoms with van der Waals surface area (Å²) in [4.78, 5) is 15.5. The zero-order chi connectivity index (χ0) is 41.4. The van der Waals surface area contributed by atoms with Gasteiger partial charge in [-0.3, -0.25) is 0 Å². The molecule has 63 heavy (non-hydrogen) atoms. The van der Waals surface area contributed by atoms with Crippen LogP contribution in [-0.2, 0) is 0 Å². The van der Waals surface area contributed by atoms with Gasteiger partial charge < -0.3 is 13.6 Å². The quantitative estimate of drug-likeness (QED) is 0.168. The van der Waals surface area contributed by atoms with Gasteiger partial charge in [-0.25, -0.2) is 15.0 Å². The Morgan fingerprint density at radius 3 is 1.44 bits per heavy atom. The van der Waals surface area contributed by atoms with Gasteiger partial charge >= 0.3 is 0 Å². The highest BCUT2D eigenvalue weighted by atomic mass is 16.3. The monoisotopic (exact) mass is 805 g/mol. The lowest BCUT2D eigenvalue weighted by Crippen LogP contribution is -2.01. The molecule has 0 saturated carbocycles. The molecule has 0 aliphatic rings. The fourth-order valence-electron chi connectivity index (χ4n) is 9.58. The van der Waals surface area contributed by atoms with E-state index in [2.05, 4.69) is 161 Å². The van der Waals surface area contributed by atoms with Crippen molar-refractivity contribution in [1.29, 1.82) is 0 Å². The molecule has 0 N–H and O–H groups in total. The van der Waals surface area contributed by atoms with Crippen LogP contribution in [0.3, 0.4) is 0 Å². The highest BCUT2D eigenvalue weighted by Gasteiger charge is 2.25. The predicted octanol–water partition coefficient (Wildman–Crippen LogP) is 14.6. The Balaban J connectivity index is 1.12. The van der Waals surface area contributed by atoms with E-state index in [9.17, 15) is 0 Å². The minimum Gasteiger partial charge on any atom is -0.453 e. The molecule has 0 amide bonds. The van der Waals surface area contributed by atoms with Gasteiger partial charge in [0, 0.05) is 60.3 Å². The van der Waals surface area contributed by atoms with Gasteiger partial charge in [0.25, 0.3) is 0 Å². The van der Waals surface area contributed by atoms with Crippen molar-refractivity contribution in [3.8, 4) is 56.7 Å². The predicted molar refractivity (Wildman–Crippen MR) is 258 cm³/mol. The zero-order valence-corrected chi connectivity index (χ0v) is 33.9. The van der Waals surface area contributed by atoms with E-state index in [1.807, 2.05) is 60.7 Å². The molecule has 0 aliphatic carbocycles. The van der Waals surface area contributed by atoms with E-state index >= 15 is 0 Å². The van der Waals surface area contributed by atoms with Crippen molar-refractivity contribution in [2.75, 3.05) is 0 Å². The van der Waals surface area contributed by atoms with E-state index in [0.717, 1.165) is 77.7 Å². The average molecular weight is 806 g/mol. The molecule has 4 heterocycles. The van der Waals surface area contributed by atoms with Crippen LogP contribution in [0.5, 0.6) is 0 Å².